The highest BCUT2D eigenvalue weighted by atomic mass is 19.1. The molecule has 26 heavy (non-hydrogen) atoms. The molecule has 4 aromatic rings. The van der Waals surface area contributed by atoms with Crippen molar-refractivity contribution in [2.45, 2.75) is 0 Å². The predicted molar refractivity (Wildman–Crippen MR) is 94.0 cm³/mol. The first-order valence-corrected chi connectivity index (χ1v) is 7.79. The highest BCUT2D eigenvalue weighted by molar-refractivity contribution is 5.69. The van der Waals surface area contributed by atoms with E-state index in [1.165, 1.54) is 16.8 Å². The van der Waals surface area contributed by atoms with E-state index >= 15 is 0 Å². The fourth-order valence-electron chi connectivity index (χ4n) is 2.62. The standard InChI is InChI=1S/C19H12FN5O/c20-17-15(5-2-7-22-17)16-10-13(18-23-8-3-9-24-18)12-25(19(16)26)14-4-1-6-21-11-14/h1-12H. The van der Waals surface area contributed by atoms with Gasteiger partial charge in [0.2, 0.25) is 5.95 Å². The molecule has 0 bridgehead atoms. The molecule has 4 heterocycles. The minimum absolute atomic E-state index is 0.118. The Hall–Kier alpha value is -3.74. The van der Waals surface area contributed by atoms with E-state index in [0.717, 1.165) is 0 Å². The summed E-state index contributed by atoms with van der Waals surface area (Å²) in [6.45, 7) is 0. The van der Waals surface area contributed by atoms with Gasteiger partial charge in [-0.2, -0.15) is 4.39 Å². The SMILES string of the molecule is O=c1c(-c2cccnc2F)cc(-c2ncccn2)cn1-c1cccnc1. The van der Waals surface area contributed by atoms with Crippen LogP contribution in [0.1, 0.15) is 0 Å². The van der Waals surface area contributed by atoms with Crippen LogP contribution in [0.15, 0.2) is 78.4 Å². The lowest BCUT2D eigenvalue weighted by molar-refractivity contribution is 0.587. The number of pyridine rings is 3. The van der Waals surface area contributed by atoms with Crippen LogP contribution in [-0.2, 0) is 0 Å². The molecule has 0 saturated heterocycles. The topological polar surface area (TPSA) is 73.6 Å². The zero-order chi connectivity index (χ0) is 17.9. The molecule has 0 spiro atoms. The van der Waals surface area contributed by atoms with Crippen LogP contribution in [-0.4, -0.2) is 24.5 Å². The number of nitrogens with zero attached hydrogens (tertiary/aromatic N) is 5. The summed E-state index contributed by atoms with van der Waals surface area (Å²) < 4.78 is 15.6. The maximum absolute atomic E-state index is 14.2. The van der Waals surface area contributed by atoms with Crippen molar-refractivity contribution in [3.63, 3.8) is 0 Å². The highest BCUT2D eigenvalue weighted by Crippen LogP contribution is 2.23. The number of rotatable bonds is 3. The average Bonchev–Trinajstić information content (AvgIpc) is 2.70. The second-order valence-corrected chi connectivity index (χ2v) is 5.44. The van der Waals surface area contributed by atoms with Gasteiger partial charge in [-0.15, -0.1) is 0 Å². The van der Waals surface area contributed by atoms with Crippen molar-refractivity contribution in [1.82, 2.24) is 24.5 Å². The average molecular weight is 345 g/mol. The summed E-state index contributed by atoms with van der Waals surface area (Å²) in [4.78, 5) is 29.1. The van der Waals surface area contributed by atoms with Crippen molar-refractivity contribution in [2.75, 3.05) is 0 Å². The van der Waals surface area contributed by atoms with Crippen LogP contribution in [0.4, 0.5) is 4.39 Å². The minimum atomic E-state index is -0.714. The molecular weight excluding hydrogens is 333 g/mol. The molecule has 0 aromatic carbocycles. The smallest absolute Gasteiger partial charge is 0.263 e. The van der Waals surface area contributed by atoms with Crippen molar-refractivity contribution < 1.29 is 4.39 Å². The second-order valence-electron chi connectivity index (χ2n) is 5.44. The Bertz CT molecular complexity index is 1110. The molecule has 0 aliphatic heterocycles. The molecule has 0 aliphatic carbocycles. The molecule has 0 unspecified atom stereocenters. The van der Waals surface area contributed by atoms with Crippen LogP contribution < -0.4 is 5.56 Å². The zero-order valence-electron chi connectivity index (χ0n) is 13.5. The molecule has 126 valence electrons. The fraction of sp³-hybridized carbons (Fsp3) is 0. The Labute approximate surface area is 147 Å². The summed E-state index contributed by atoms with van der Waals surface area (Å²) >= 11 is 0. The van der Waals surface area contributed by atoms with E-state index in [1.54, 1.807) is 61.3 Å². The Morgan fingerprint density at radius 1 is 0.885 bits per heavy atom. The maximum atomic E-state index is 14.2. The molecule has 4 aromatic heterocycles. The predicted octanol–water partition coefficient (Wildman–Crippen LogP) is 2.89. The van der Waals surface area contributed by atoms with E-state index in [0.29, 0.717) is 17.1 Å². The Morgan fingerprint density at radius 2 is 1.65 bits per heavy atom. The van der Waals surface area contributed by atoms with Gasteiger partial charge < -0.3 is 0 Å². The molecule has 6 nitrogen and oxygen atoms in total. The number of aromatic nitrogens is 5. The van der Waals surface area contributed by atoms with Gasteiger partial charge in [-0.3, -0.25) is 14.3 Å². The summed E-state index contributed by atoms with van der Waals surface area (Å²) in [5.74, 6) is -0.288. The van der Waals surface area contributed by atoms with Gasteiger partial charge in [-0.05, 0) is 36.4 Å². The van der Waals surface area contributed by atoms with Crippen LogP contribution in [0.5, 0.6) is 0 Å². The van der Waals surface area contributed by atoms with E-state index in [4.69, 9.17) is 0 Å². The van der Waals surface area contributed by atoms with Crippen LogP contribution in [0, 0.1) is 5.95 Å². The van der Waals surface area contributed by atoms with Crippen LogP contribution in [0.2, 0.25) is 0 Å². The van der Waals surface area contributed by atoms with Gasteiger partial charge in [0.25, 0.3) is 5.56 Å². The molecule has 0 atom stereocenters. The first-order valence-electron chi connectivity index (χ1n) is 7.79. The molecule has 4 rings (SSSR count). The van der Waals surface area contributed by atoms with Gasteiger partial charge in [0.1, 0.15) is 0 Å². The first-order chi connectivity index (χ1) is 12.7. The highest BCUT2D eigenvalue weighted by Gasteiger charge is 2.16. The summed E-state index contributed by atoms with van der Waals surface area (Å²) in [7, 11) is 0. The van der Waals surface area contributed by atoms with Crippen molar-refractivity contribution >= 4 is 0 Å². The van der Waals surface area contributed by atoms with Gasteiger partial charge in [-0.1, -0.05) is 0 Å². The second kappa shape index (κ2) is 6.64. The largest absolute Gasteiger partial charge is 0.281 e. The van der Waals surface area contributed by atoms with Gasteiger partial charge in [0.05, 0.1) is 17.4 Å². The quantitative estimate of drug-likeness (QED) is 0.534. The lowest BCUT2D eigenvalue weighted by atomic mass is 10.1. The summed E-state index contributed by atoms with van der Waals surface area (Å²) in [6.07, 6.45) is 9.33. The monoisotopic (exact) mass is 345 g/mol. The number of hydrogen-bond donors (Lipinski definition) is 0. The van der Waals surface area contributed by atoms with E-state index in [9.17, 15) is 9.18 Å². The third-order valence-electron chi connectivity index (χ3n) is 3.81. The zero-order valence-corrected chi connectivity index (χ0v) is 13.5. The van der Waals surface area contributed by atoms with Crippen LogP contribution in [0.25, 0.3) is 28.2 Å². The third-order valence-corrected chi connectivity index (χ3v) is 3.81. The number of halogens is 1. The van der Waals surface area contributed by atoms with Crippen molar-refractivity contribution in [1.29, 1.82) is 0 Å². The van der Waals surface area contributed by atoms with E-state index in [-0.39, 0.29) is 16.7 Å². The normalized spacial score (nSPS) is 10.7. The molecule has 0 amide bonds. The third kappa shape index (κ3) is 2.86. The molecule has 0 N–H and O–H groups in total. The maximum Gasteiger partial charge on any atom is 0.263 e. The first kappa shape index (κ1) is 15.8. The van der Waals surface area contributed by atoms with E-state index < -0.39 is 5.95 Å². The molecule has 0 saturated carbocycles. The van der Waals surface area contributed by atoms with Gasteiger partial charge in [0.15, 0.2) is 5.82 Å². The summed E-state index contributed by atoms with van der Waals surface area (Å²) in [5.41, 5.74) is 1.04. The Kier molecular flexibility index (Phi) is 4.03. The van der Waals surface area contributed by atoms with Gasteiger partial charge in [-0.25, -0.2) is 15.0 Å². The van der Waals surface area contributed by atoms with Crippen molar-refractivity contribution in [3.05, 3.63) is 89.9 Å². The summed E-state index contributed by atoms with van der Waals surface area (Å²) in [6, 6.07) is 9.83. The summed E-state index contributed by atoms with van der Waals surface area (Å²) in [5, 5.41) is 0. The van der Waals surface area contributed by atoms with E-state index in [1.807, 2.05) is 0 Å². The number of hydrogen-bond acceptors (Lipinski definition) is 5. The molecular formula is C19H12FN5O. The van der Waals surface area contributed by atoms with Gasteiger partial charge in [0, 0.05) is 42.1 Å². The van der Waals surface area contributed by atoms with Gasteiger partial charge >= 0.3 is 0 Å². The lowest BCUT2D eigenvalue weighted by Gasteiger charge is -2.11. The lowest BCUT2D eigenvalue weighted by Crippen LogP contribution is -2.20. The van der Waals surface area contributed by atoms with Crippen LogP contribution in [0.3, 0.4) is 0 Å². The fourth-order valence-corrected chi connectivity index (χ4v) is 2.62. The Morgan fingerprint density at radius 3 is 2.38 bits per heavy atom. The van der Waals surface area contributed by atoms with E-state index in [2.05, 4.69) is 19.9 Å². The molecule has 0 aliphatic rings. The molecule has 0 radical (unpaired) electrons. The molecule has 7 heteroatoms. The van der Waals surface area contributed by atoms with Crippen molar-refractivity contribution in [3.8, 4) is 28.2 Å². The minimum Gasteiger partial charge on any atom is -0.281 e. The molecule has 0 fully saturated rings. The van der Waals surface area contributed by atoms with Crippen LogP contribution >= 0.6 is 0 Å². The Balaban J connectivity index is 2.03. The van der Waals surface area contributed by atoms with Crippen molar-refractivity contribution in [2.24, 2.45) is 0 Å².